The van der Waals surface area contributed by atoms with Crippen molar-refractivity contribution < 1.29 is 9.72 Å². The van der Waals surface area contributed by atoms with Crippen molar-refractivity contribution in [3.63, 3.8) is 0 Å². The number of benzene rings is 1. The monoisotopic (exact) mass is 282 g/mol. The highest BCUT2D eigenvalue weighted by Gasteiger charge is 2.31. The van der Waals surface area contributed by atoms with Gasteiger partial charge < -0.3 is 4.90 Å². The lowest BCUT2D eigenvalue weighted by Crippen LogP contribution is -2.25. The second-order valence-corrected chi connectivity index (χ2v) is 5.22. The Morgan fingerprint density at radius 2 is 2.11 bits per heavy atom. The summed E-state index contributed by atoms with van der Waals surface area (Å²) < 4.78 is 0. The maximum atomic E-state index is 12.0. The number of carbonyl (C=O) groups excluding carboxylic acids is 1. The molecule has 1 fully saturated rings. The second-order valence-electron chi connectivity index (χ2n) is 4.91. The molecule has 5 nitrogen and oxygen atoms in total. The van der Waals surface area contributed by atoms with Crippen molar-refractivity contribution in [1.82, 2.24) is 0 Å². The topological polar surface area (TPSA) is 63.5 Å². The fraction of sp³-hybridized carbons (Fsp3) is 0.462. The highest BCUT2D eigenvalue weighted by molar-refractivity contribution is 6.18. The first-order chi connectivity index (χ1) is 8.93. The van der Waals surface area contributed by atoms with Gasteiger partial charge in [-0.2, -0.15) is 0 Å². The van der Waals surface area contributed by atoms with Crippen LogP contribution in [0, 0.1) is 29.9 Å². The Kier molecular flexibility index (Phi) is 3.75. The number of anilines is 1. The smallest absolute Gasteiger partial charge is 0.272 e. The zero-order chi connectivity index (χ0) is 14.2. The molecule has 0 aliphatic carbocycles. The van der Waals surface area contributed by atoms with Crippen LogP contribution in [-0.4, -0.2) is 23.3 Å². The predicted molar refractivity (Wildman–Crippen MR) is 73.8 cm³/mol. The molecular weight excluding hydrogens is 268 g/mol. The van der Waals surface area contributed by atoms with Crippen LogP contribution in [0.25, 0.3) is 0 Å². The summed E-state index contributed by atoms with van der Waals surface area (Å²) in [5, 5.41) is 10.9. The molecule has 0 spiro atoms. The number of nitro groups is 1. The van der Waals surface area contributed by atoms with E-state index in [-0.39, 0.29) is 17.5 Å². The van der Waals surface area contributed by atoms with Gasteiger partial charge in [-0.15, -0.1) is 11.6 Å². The molecule has 1 atom stereocenters. The lowest BCUT2D eigenvalue weighted by Gasteiger charge is -2.19. The fourth-order valence-electron chi connectivity index (χ4n) is 2.39. The third-order valence-electron chi connectivity index (χ3n) is 3.43. The van der Waals surface area contributed by atoms with E-state index in [2.05, 4.69) is 0 Å². The number of nitro benzene ring substituents is 1. The van der Waals surface area contributed by atoms with Gasteiger partial charge in [0, 0.05) is 36.2 Å². The molecule has 1 aromatic rings. The summed E-state index contributed by atoms with van der Waals surface area (Å²) in [5.41, 5.74) is 2.14. The number of aryl methyl sites for hydroxylation is 2. The van der Waals surface area contributed by atoms with Crippen LogP contribution < -0.4 is 4.90 Å². The van der Waals surface area contributed by atoms with Crippen LogP contribution in [0.5, 0.6) is 0 Å². The fourth-order valence-corrected chi connectivity index (χ4v) is 2.60. The first-order valence-corrected chi connectivity index (χ1v) is 6.59. The lowest BCUT2D eigenvalue weighted by atomic mass is 10.1. The third-order valence-corrected chi connectivity index (χ3v) is 3.86. The van der Waals surface area contributed by atoms with Crippen LogP contribution in [-0.2, 0) is 4.79 Å². The quantitative estimate of drug-likeness (QED) is 0.486. The molecule has 0 radical (unpaired) electrons. The van der Waals surface area contributed by atoms with Crippen molar-refractivity contribution in [3.8, 4) is 0 Å². The summed E-state index contributed by atoms with van der Waals surface area (Å²) in [4.78, 5) is 24.1. The van der Waals surface area contributed by atoms with Crippen molar-refractivity contribution >= 4 is 28.9 Å². The predicted octanol–water partition coefficient (Wildman–Crippen LogP) is 2.80. The van der Waals surface area contributed by atoms with Crippen molar-refractivity contribution in [2.75, 3.05) is 17.3 Å². The molecule has 1 aromatic carbocycles. The van der Waals surface area contributed by atoms with Crippen LogP contribution >= 0.6 is 11.6 Å². The Morgan fingerprint density at radius 1 is 1.42 bits per heavy atom. The van der Waals surface area contributed by atoms with Gasteiger partial charge in [-0.25, -0.2) is 0 Å². The Labute approximate surface area is 116 Å². The van der Waals surface area contributed by atoms with E-state index < -0.39 is 4.92 Å². The van der Waals surface area contributed by atoms with Gasteiger partial charge in [-0.3, -0.25) is 14.9 Å². The van der Waals surface area contributed by atoms with Crippen molar-refractivity contribution in [1.29, 1.82) is 0 Å². The maximum absolute atomic E-state index is 12.0. The van der Waals surface area contributed by atoms with E-state index >= 15 is 0 Å². The number of alkyl halides is 1. The van der Waals surface area contributed by atoms with Crippen LogP contribution in [0.15, 0.2) is 12.1 Å². The minimum atomic E-state index is -0.403. The summed E-state index contributed by atoms with van der Waals surface area (Å²) in [6, 6.07) is 3.23. The van der Waals surface area contributed by atoms with E-state index in [1.807, 2.05) is 0 Å². The summed E-state index contributed by atoms with van der Waals surface area (Å²) in [7, 11) is 0. The SMILES string of the molecule is Cc1cc([N+](=O)[O-])c(C)cc1N1CC(CCl)CC1=O. The summed E-state index contributed by atoms with van der Waals surface area (Å²) in [5.74, 6) is 0.638. The number of halogens is 1. The van der Waals surface area contributed by atoms with Gasteiger partial charge in [0.25, 0.3) is 5.69 Å². The summed E-state index contributed by atoms with van der Waals surface area (Å²) in [6.45, 7) is 4.05. The van der Waals surface area contributed by atoms with Crippen LogP contribution in [0.1, 0.15) is 17.5 Å². The molecule has 102 valence electrons. The molecule has 0 aromatic heterocycles. The normalized spacial score (nSPS) is 19.0. The second kappa shape index (κ2) is 5.17. The van der Waals surface area contributed by atoms with Gasteiger partial charge in [0.15, 0.2) is 0 Å². The minimum Gasteiger partial charge on any atom is -0.312 e. The molecule has 0 N–H and O–H groups in total. The highest BCUT2D eigenvalue weighted by Crippen LogP contribution is 2.32. The van der Waals surface area contributed by atoms with E-state index in [0.29, 0.717) is 24.4 Å². The number of rotatable bonds is 3. The van der Waals surface area contributed by atoms with Crippen LogP contribution in [0.2, 0.25) is 0 Å². The van der Waals surface area contributed by atoms with E-state index in [1.165, 1.54) is 6.07 Å². The summed E-state index contributed by atoms with van der Waals surface area (Å²) in [6.07, 6.45) is 0.443. The third kappa shape index (κ3) is 2.56. The van der Waals surface area contributed by atoms with Gasteiger partial charge >= 0.3 is 0 Å². The van der Waals surface area contributed by atoms with E-state index in [1.54, 1.807) is 24.8 Å². The molecule has 1 unspecified atom stereocenters. The van der Waals surface area contributed by atoms with Gasteiger partial charge in [-0.05, 0) is 31.4 Å². The van der Waals surface area contributed by atoms with Crippen molar-refractivity contribution in [2.24, 2.45) is 5.92 Å². The largest absolute Gasteiger partial charge is 0.312 e. The zero-order valence-electron chi connectivity index (χ0n) is 10.9. The average Bonchev–Trinajstić information content (AvgIpc) is 2.72. The molecule has 19 heavy (non-hydrogen) atoms. The van der Waals surface area contributed by atoms with E-state index in [9.17, 15) is 14.9 Å². The highest BCUT2D eigenvalue weighted by atomic mass is 35.5. The van der Waals surface area contributed by atoms with Crippen LogP contribution in [0.3, 0.4) is 0 Å². The van der Waals surface area contributed by atoms with Gasteiger partial charge in [-0.1, -0.05) is 0 Å². The van der Waals surface area contributed by atoms with Gasteiger partial charge in [0.2, 0.25) is 5.91 Å². The van der Waals surface area contributed by atoms with Crippen molar-refractivity contribution in [2.45, 2.75) is 20.3 Å². The molecule has 1 heterocycles. The molecular formula is C13H15ClN2O3. The van der Waals surface area contributed by atoms with E-state index in [0.717, 1.165) is 11.3 Å². The molecule has 0 bridgehead atoms. The zero-order valence-corrected chi connectivity index (χ0v) is 11.6. The Hall–Kier alpha value is -1.62. The molecule has 1 saturated heterocycles. The Bertz CT molecular complexity index is 545. The molecule has 2 rings (SSSR count). The standard InChI is InChI=1S/C13H15ClN2O3/c1-8-4-12(16(18)19)9(2)3-11(8)15-7-10(6-14)5-13(15)17/h3-4,10H,5-7H2,1-2H3. The summed E-state index contributed by atoms with van der Waals surface area (Å²) >= 11 is 5.80. The van der Waals surface area contributed by atoms with Crippen LogP contribution in [0.4, 0.5) is 11.4 Å². The van der Waals surface area contributed by atoms with Gasteiger partial charge in [0.1, 0.15) is 0 Å². The number of hydrogen-bond donors (Lipinski definition) is 0. The first-order valence-electron chi connectivity index (χ1n) is 6.06. The minimum absolute atomic E-state index is 0.0296. The number of nitrogens with zero attached hydrogens (tertiary/aromatic N) is 2. The first kappa shape index (κ1) is 13.8. The molecule has 0 saturated carbocycles. The number of hydrogen-bond acceptors (Lipinski definition) is 3. The lowest BCUT2D eigenvalue weighted by molar-refractivity contribution is -0.385. The molecule has 1 aliphatic heterocycles. The van der Waals surface area contributed by atoms with Crippen molar-refractivity contribution in [3.05, 3.63) is 33.4 Å². The molecule has 6 heteroatoms. The van der Waals surface area contributed by atoms with E-state index in [4.69, 9.17) is 11.6 Å². The molecule has 1 aliphatic rings. The Morgan fingerprint density at radius 3 is 2.63 bits per heavy atom. The Balaban J connectivity index is 2.39. The average molecular weight is 283 g/mol. The number of carbonyl (C=O) groups is 1. The van der Waals surface area contributed by atoms with Gasteiger partial charge in [0.05, 0.1) is 4.92 Å². The maximum Gasteiger partial charge on any atom is 0.272 e. The number of amides is 1. The molecule has 1 amide bonds.